The third kappa shape index (κ3) is 3.44. The molecule has 1 heterocycles. The Hall–Kier alpha value is -0.570. The molecule has 2 N–H and O–H groups in total. The maximum absolute atomic E-state index is 12.2. The molecular weight excluding hydrogens is 212 g/mol. The lowest BCUT2D eigenvalue weighted by Crippen LogP contribution is -2.47. The minimum atomic E-state index is 0.211. The lowest BCUT2D eigenvalue weighted by Gasteiger charge is -2.33. The number of carbonyl (C=O) groups excluding carboxylic acids is 1. The van der Waals surface area contributed by atoms with Crippen molar-refractivity contribution in [2.75, 3.05) is 13.1 Å². The number of nitrogens with one attached hydrogen (secondary N) is 2. The second-order valence-corrected chi connectivity index (χ2v) is 5.61. The zero-order chi connectivity index (χ0) is 12.1. The van der Waals surface area contributed by atoms with Gasteiger partial charge in [-0.2, -0.15) is 0 Å². The van der Waals surface area contributed by atoms with Gasteiger partial charge in [0, 0.05) is 12.6 Å². The summed E-state index contributed by atoms with van der Waals surface area (Å²) in [5.74, 6) is 1.22. The molecule has 0 bridgehead atoms. The number of amides is 1. The number of rotatable bonds is 3. The summed E-state index contributed by atoms with van der Waals surface area (Å²) in [4.78, 5) is 12.2. The second kappa shape index (κ2) is 6.39. The maximum Gasteiger partial charge on any atom is 0.224 e. The molecular formula is C14H26N2O. The van der Waals surface area contributed by atoms with E-state index in [0.29, 0.717) is 17.9 Å². The Morgan fingerprint density at radius 1 is 1.24 bits per heavy atom. The predicted octanol–water partition coefficient (Wildman–Crippen LogP) is 2.07. The summed E-state index contributed by atoms with van der Waals surface area (Å²) in [6, 6.07) is 0.447. The molecule has 2 rings (SSSR count). The average Bonchev–Trinajstić information content (AvgIpc) is 2.40. The fourth-order valence-corrected chi connectivity index (χ4v) is 3.26. The fraction of sp³-hybridized carbons (Fsp3) is 0.929. The van der Waals surface area contributed by atoms with Gasteiger partial charge in [-0.1, -0.05) is 26.2 Å². The van der Waals surface area contributed by atoms with Crippen molar-refractivity contribution in [2.45, 2.75) is 57.9 Å². The van der Waals surface area contributed by atoms with Crippen LogP contribution in [0, 0.1) is 11.8 Å². The van der Waals surface area contributed by atoms with Gasteiger partial charge in [-0.25, -0.2) is 0 Å². The Balaban J connectivity index is 1.83. The van der Waals surface area contributed by atoms with Gasteiger partial charge in [0.2, 0.25) is 5.91 Å². The Labute approximate surface area is 105 Å². The van der Waals surface area contributed by atoms with Gasteiger partial charge in [-0.3, -0.25) is 4.79 Å². The highest BCUT2D eigenvalue weighted by atomic mass is 16.2. The number of carbonyl (C=O) groups is 1. The summed E-state index contributed by atoms with van der Waals surface area (Å²) in [6.45, 7) is 4.19. The van der Waals surface area contributed by atoms with Gasteiger partial charge in [0.05, 0.1) is 5.92 Å². The van der Waals surface area contributed by atoms with Gasteiger partial charge in [0.1, 0.15) is 0 Å². The van der Waals surface area contributed by atoms with Crippen LogP contribution < -0.4 is 10.6 Å². The number of hydrogen-bond acceptors (Lipinski definition) is 2. The summed E-state index contributed by atoms with van der Waals surface area (Å²) >= 11 is 0. The predicted molar refractivity (Wildman–Crippen MR) is 69.8 cm³/mol. The Morgan fingerprint density at radius 2 is 2.06 bits per heavy atom. The largest absolute Gasteiger partial charge is 0.353 e. The molecule has 0 aromatic rings. The van der Waals surface area contributed by atoms with Crippen molar-refractivity contribution >= 4 is 5.91 Å². The Bertz CT molecular complexity index is 249. The second-order valence-electron chi connectivity index (χ2n) is 5.61. The molecule has 1 aliphatic carbocycles. The van der Waals surface area contributed by atoms with Gasteiger partial charge < -0.3 is 10.6 Å². The first-order chi connectivity index (χ1) is 8.31. The summed E-state index contributed by atoms with van der Waals surface area (Å²) in [7, 11) is 0. The van der Waals surface area contributed by atoms with Crippen LogP contribution >= 0.6 is 0 Å². The fourth-order valence-electron chi connectivity index (χ4n) is 3.26. The molecule has 0 aromatic carbocycles. The van der Waals surface area contributed by atoms with Crippen LogP contribution in [-0.4, -0.2) is 25.0 Å². The quantitative estimate of drug-likeness (QED) is 0.790. The van der Waals surface area contributed by atoms with Gasteiger partial charge in [0.15, 0.2) is 0 Å². The molecule has 0 aromatic heterocycles. The maximum atomic E-state index is 12.2. The zero-order valence-corrected chi connectivity index (χ0v) is 11.0. The lowest BCUT2D eigenvalue weighted by molar-refractivity contribution is -0.126. The molecule has 3 heteroatoms. The van der Waals surface area contributed by atoms with E-state index in [2.05, 4.69) is 17.6 Å². The SMILES string of the molecule is CCC1CCCCC1NC(=O)[C@@H]1CCCNC1. The lowest BCUT2D eigenvalue weighted by atomic mass is 9.82. The molecule has 1 saturated carbocycles. The average molecular weight is 238 g/mol. The minimum Gasteiger partial charge on any atom is -0.353 e. The van der Waals surface area contributed by atoms with E-state index in [9.17, 15) is 4.79 Å². The van der Waals surface area contributed by atoms with Crippen LogP contribution in [0.2, 0.25) is 0 Å². The van der Waals surface area contributed by atoms with Crippen LogP contribution in [0.3, 0.4) is 0 Å². The summed E-state index contributed by atoms with van der Waals surface area (Å²) < 4.78 is 0. The van der Waals surface area contributed by atoms with E-state index in [1.165, 1.54) is 32.1 Å². The molecule has 2 fully saturated rings. The highest BCUT2D eigenvalue weighted by molar-refractivity contribution is 5.79. The molecule has 3 nitrogen and oxygen atoms in total. The summed E-state index contributed by atoms with van der Waals surface area (Å²) in [5.41, 5.74) is 0. The van der Waals surface area contributed by atoms with E-state index < -0.39 is 0 Å². The number of piperidine rings is 1. The standard InChI is InChI=1S/C14H26N2O/c1-2-11-6-3-4-8-13(11)16-14(17)12-7-5-9-15-10-12/h11-13,15H,2-10H2,1H3,(H,16,17)/t11?,12-,13?/m1/s1. The third-order valence-electron chi connectivity index (χ3n) is 4.43. The van der Waals surface area contributed by atoms with Crippen LogP contribution in [0.25, 0.3) is 0 Å². The molecule has 1 saturated heterocycles. The molecule has 2 aliphatic rings. The highest BCUT2D eigenvalue weighted by Crippen LogP contribution is 2.27. The minimum absolute atomic E-state index is 0.211. The van der Waals surface area contributed by atoms with E-state index in [-0.39, 0.29) is 5.92 Å². The van der Waals surface area contributed by atoms with Gasteiger partial charge in [0.25, 0.3) is 0 Å². The molecule has 0 spiro atoms. The topological polar surface area (TPSA) is 41.1 Å². The van der Waals surface area contributed by atoms with Crippen LogP contribution in [0.4, 0.5) is 0 Å². The van der Waals surface area contributed by atoms with Crippen molar-refractivity contribution in [1.82, 2.24) is 10.6 Å². The van der Waals surface area contributed by atoms with Crippen molar-refractivity contribution in [3.8, 4) is 0 Å². The monoisotopic (exact) mass is 238 g/mol. The van der Waals surface area contributed by atoms with Crippen molar-refractivity contribution in [3.63, 3.8) is 0 Å². The smallest absolute Gasteiger partial charge is 0.224 e. The van der Waals surface area contributed by atoms with Crippen LogP contribution in [0.5, 0.6) is 0 Å². The normalized spacial score (nSPS) is 34.3. The van der Waals surface area contributed by atoms with Crippen molar-refractivity contribution in [2.24, 2.45) is 11.8 Å². The molecule has 17 heavy (non-hydrogen) atoms. The van der Waals surface area contributed by atoms with Gasteiger partial charge in [-0.15, -0.1) is 0 Å². The van der Waals surface area contributed by atoms with Crippen molar-refractivity contribution in [3.05, 3.63) is 0 Å². The summed E-state index contributed by atoms with van der Waals surface area (Å²) in [5, 5.41) is 6.63. The summed E-state index contributed by atoms with van der Waals surface area (Å²) in [6.07, 6.45) is 8.51. The molecule has 1 amide bonds. The van der Waals surface area contributed by atoms with E-state index in [0.717, 1.165) is 25.9 Å². The van der Waals surface area contributed by atoms with Crippen LogP contribution in [0.1, 0.15) is 51.9 Å². The van der Waals surface area contributed by atoms with Gasteiger partial charge >= 0.3 is 0 Å². The van der Waals surface area contributed by atoms with E-state index >= 15 is 0 Å². The molecule has 3 atom stereocenters. The molecule has 2 unspecified atom stereocenters. The van der Waals surface area contributed by atoms with E-state index in [1.807, 2.05) is 0 Å². The molecule has 98 valence electrons. The Morgan fingerprint density at radius 3 is 2.76 bits per heavy atom. The highest BCUT2D eigenvalue weighted by Gasteiger charge is 2.28. The molecule has 0 radical (unpaired) electrons. The van der Waals surface area contributed by atoms with Crippen molar-refractivity contribution in [1.29, 1.82) is 0 Å². The number of hydrogen-bond donors (Lipinski definition) is 2. The van der Waals surface area contributed by atoms with Crippen LogP contribution in [0.15, 0.2) is 0 Å². The van der Waals surface area contributed by atoms with E-state index in [1.54, 1.807) is 0 Å². The van der Waals surface area contributed by atoms with Crippen molar-refractivity contribution < 1.29 is 4.79 Å². The molecule has 1 aliphatic heterocycles. The first kappa shape index (κ1) is 12.9. The third-order valence-corrected chi connectivity index (χ3v) is 4.43. The van der Waals surface area contributed by atoms with Crippen LogP contribution in [-0.2, 0) is 4.79 Å². The van der Waals surface area contributed by atoms with E-state index in [4.69, 9.17) is 0 Å². The zero-order valence-electron chi connectivity index (χ0n) is 11.0. The first-order valence-corrected chi connectivity index (χ1v) is 7.32. The Kier molecular flexibility index (Phi) is 4.84. The first-order valence-electron chi connectivity index (χ1n) is 7.32. The van der Waals surface area contributed by atoms with Gasteiger partial charge in [-0.05, 0) is 38.1 Å².